The third-order valence-electron chi connectivity index (χ3n) is 4.38. The Morgan fingerprint density at radius 1 is 0.741 bits per heavy atom. The summed E-state index contributed by atoms with van der Waals surface area (Å²) in [6, 6.07) is 22.3. The number of benzene rings is 1. The van der Waals surface area contributed by atoms with E-state index in [0.29, 0.717) is 0 Å². The number of fused-ring (bicyclic) bond motifs is 1. The van der Waals surface area contributed by atoms with E-state index in [4.69, 9.17) is 0 Å². The van der Waals surface area contributed by atoms with Gasteiger partial charge in [-0.2, -0.15) is 0 Å². The zero-order valence-electron chi connectivity index (χ0n) is 15.0. The maximum Gasteiger partial charge on any atom is 0.128 e. The number of nitrogens with zero attached hydrogens (tertiary/aromatic N) is 4. The number of hydrogen-bond donors (Lipinski definition) is 1. The molecule has 4 aromatic rings. The lowest BCUT2D eigenvalue weighted by molar-refractivity contribution is 0.790. The van der Waals surface area contributed by atoms with Gasteiger partial charge in [-0.15, -0.1) is 0 Å². The summed E-state index contributed by atoms with van der Waals surface area (Å²) in [4.78, 5) is 15.6. The zero-order chi connectivity index (χ0) is 18.3. The molecule has 27 heavy (non-hydrogen) atoms. The molecule has 5 nitrogen and oxygen atoms in total. The average molecular weight is 355 g/mol. The molecule has 0 spiro atoms. The standard InChI is InChI=1S/C22H21N5/c1-2-7-18(8-3-1)17-27(21-10-4-5-12-25-21)16-15-24-20-11-14-23-19-9-6-13-26-22(19)20/h1-14H,15-17H2,(H,23,24). The minimum absolute atomic E-state index is 0.777. The van der Waals surface area contributed by atoms with Gasteiger partial charge in [-0.1, -0.05) is 36.4 Å². The Morgan fingerprint density at radius 3 is 2.44 bits per heavy atom. The van der Waals surface area contributed by atoms with Crippen LogP contribution in [0.4, 0.5) is 11.5 Å². The fourth-order valence-corrected chi connectivity index (χ4v) is 3.07. The van der Waals surface area contributed by atoms with Crippen LogP contribution < -0.4 is 10.2 Å². The Morgan fingerprint density at radius 2 is 1.59 bits per heavy atom. The van der Waals surface area contributed by atoms with Gasteiger partial charge in [0.25, 0.3) is 0 Å². The topological polar surface area (TPSA) is 53.9 Å². The molecule has 0 saturated carbocycles. The Balaban J connectivity index is 1.48. The van der Waals surface area contributed by atoms with Gasteiger partial charge in [0, 0.05) is 38.2 Å². The first-order valence-electron chi connectivity index (χ1n) is 9.04. The predicted octanol–water partition coefficient (Wildman–Crippen LogP) is 4.14. The minimum Gasteiger partial charge on any atom is -0.381 e. The van der Waals surface area contributed by atoms with E-state index >= 15 is 0 Å². The molecule has 4 rings (SSSR count). The van der Waals surface area contributed by atoms with E-state index < -0.39 is 0 Å². The van der Waals surface area contributed by atoms with Crippen molar-refractivity contribution in [1.82, 2.24) is 15.0 Å². The molecule has 0 unspecified atom stereocenters. The van der Waals surface area contributed by atoms with Crippen molar-refractivity contribution in [3.63, 3.8) is 0 Å². The smallest absolute Gasteiger partial charge is 0.128 e. The van der Waals surface area contributed by atoms with E-state index in [2.05, 4.69) is 49.4 Å². The van der Waals surface area contributed by atoms with Gasteiger partial charge in [0.05, 0.1) is 11.2 Å². The SMILES string of the molecule is c1ccc(CN(CCNc2ccnc3cccnc23)c2ccccn2)cc1. The van der Waals surface area contributed by atoms with Crippen LogP contribution in [0.15, 0.2) is 85.3 Å². The lowest BCUT2D eigenvalue weighted by atomic mass is 10.2. The monoisotopic (exact) mass is 355 g/mol. The first kappa shape index (κ1) is 17.0. The molecular weight excluding hydrogens is 334 g/mol. The molecule has 0 aliphatic heterocycles. The molecule has 134 valence electrons. The summed E-state index contributed by atoms with van der Waals surface area (Å²) >= 11 is 0. The zero-order valence-corrected chi connectivity index (χ0v) is 15.0. The van der Waals surface area contributed by atoms with Crippen molar-refractivity contribution in [1.29, 1.82) is 0 Å². The van der Waals surface area contributed by atoms with Crippen LogP contribution in [-0.2, 0) is 6.54 Å². The van der Waals surface area contributed by atoms with Crippen LogP contribution in [0.3, 0.4) is 0 Å². The van der Waals surface area contributed by atoms with Crippen molar-refractivity contribution >= 4 is 22.5 Å². The third-order valence-corrected chi connectivity index (χ3v) is 4.38. The second kappa shape index (κ2) is 8.27. The molecule has 0 bridgehead atoms. The van der Waals surface area contributed by atoms with E-state index in [1.54, 1.807) is 6.20 Å². The highest BCUT2D eigenvalue weighted by molar-refractivity contribution is 5.86. The van der Waals surface area contributed by atoms with Crippen molar-refractivity contribution in [2.24, 2.45) is 0 Å². The number of aromatic nitrogens is 3. The number of rotatable bonds is 7. The van der Waals surface area contributed by atoms with Crippen LogP contribution >= 0.6 is 0 Å². The van der Waals surface area contributed by atoms with Gasteiger partial charge in [-0.25, -0.2) is 4.98 Å². The molecule has 0 amide bonds. The number of anilines is 2. The van der Waals surface area contributed by atoms with Crippen molar-refractivity contribution in [2.45, 2.75) is 6.54 Å². The van der Waals surface area contributed by atoms with E-state index in [0.717, 1.165) is 42.2 Å². The molecule has 1 aromatic carbocycles. The maximum absolute atomic E-state index is 4.53. The van der Waals surface area contributed by atoms with Crippen LogP contribution in [0.25, 0.3) is 11.0 Å². The van der Waals surface area contributed by atoms with Gasteiger partial charge in [0.15, 0.2) is 0 Å². The Kier molecular flexibility index (Phi) is 5.20. The summed E-state index contributed by atoms with van der Waals surface area (Å²) in [7, 11) is 0. The quantitative estimate of drug-likeness (QED) is 0.540. The van der Waals surface area contributed by atoms with Gasteiger partial charge in [-0.3, -0.25) is 9.97 Å². The minimum atomic E-state index is 0.777. The molecule has 0 fully saturated rings. The van der Waals surface area contributed by atoms with E-state index in [1.807, 2.05) is 54.9 Å². The van der Waals surface area contributed by atoms with Gasteiger partial charge < -0.3 is 10.2 Å². The average Bonchev–Trinajstić information content (AvgIpc) is 2.74. The number of nitrogens with one attached hydrogen (secondary N) is 1. The summed E-state index contributed by atoms with van der Waals surface area (Å²) in [6.07, 6.45) is 5.44. The molecule has 0 radical (unpaired) electrons. The van der Waals surface area contributed by atoms with Crippen LogP contribution in [0, 0.1) is 0 Å². The van der Waals surface area contributed by atoms with Crippen LogP contribution in [0.2, 0.25) is 0 Å². The first-order valence-corrected chi connectivity index (χ1v) is 9.04. The lowest BCUT2D eigenvalue weighted by Gasteiger charge is -2.24. The number of hydrogen-bond acceptors (Lipinski definition) is 5. The lowest BCUT2D eigenvalue weighted by Crippen LogP contribution is -2.29. The highest BCUT2D eigenvalue weighted by atomic mass is 15.2. The second-order valence-electron chi connectivity index (χ2n) is 6.25. The molecule has 0 aliphatic rings. The molecule has 3 aromatic heterocycles. The maximum atomic E-state index is 4.53. The van der Waals surface area contributed by atoms with Crippen molar-refractivity contribution < 1.29 is 0 Å². The van der Waals surface area contributed by atoms with Crippen molar-refractivity contribution in [3.8, 4) is 0 Å². The summed E-state index contributed by atoms with van der Waals surface area (Å²) in [6.45, 7) is 2.41. The first-order chi connectivity index (χ1) is 13.4. The fourth-order valence-electron chi connectivity index (χ4n) is 3.07. The second-order valence-corrected chi connectivity index (χ2v) is 6.25. The van der Waals surface area contributed by atoms with E-state index in [1.165, 1.54) is 5.56 Å². The largest absolute Gasteiger partial charge is 0.381 e. The summed E-state index contributed by atoms with van der Waals surface area (Å²) < 4.78 is 0. The highest BCUT2D eigenvalue weighted by Crippen LogP contribution is 2.19. The third kappa shape index (κ3) is 4.20. The van der Waals surface area contributed by atoms with E-state index in [9.17, 15) is 0 Å². The molecule has 5 heteroatoms. The molecular formula is C22H21N5. The summed E-state index contributed by atoms with van der Waals surface area (Å²) in [5, 5.41) is 3.50. The summed E-state index contributed by atoms with van der Waals surface area (Å²) in [5.74, 6) is 0.973. The van der Waals surface area contributed by atoms with Gasteiger partial charge in [-0.05, 0) is 35.9 Å². The van der Waals surface area contributed by atoms with Crippen LogP contribution in [-0.4, -0.2) is 28.0 Å². The van der Waals surface area contributed by atoms with Crippen molar-refractivity contribution in [3.05, 3.63) is 90.9 Å². The Labute approximate surface area is 158 Å². The fraction of sp³-hybridized carbons (Fsp3) is 0.136. The molecule has 0 aliphatic carbocycles. The normalized spacial score (nSPS) is 10.7. The van der Waals surface area contributed by atoms with Gasteiger partial charge in [0.1, 0.15) is 11.3 Å². The number of pyridine rings is 3. The highest BCUT2D eigenvalue weighted by Gasteiger charge is 2.09. The summed E-state index contributed by atoms with van der Waals surface area (Å²) in [5.41, 5.74) is 4.06. The van der Waals surface area contributed by atoms with E-state index in [-0.39, 0.29) is 0 Å². The Hall–Kier alpha value is -3.47. The molecule has 0 atom stereocenters. The van der Waals surface area contributed by atoms with Crippen LogP contribution in [0.5, 0.6) is 0 Å². The molecule has 3 heterocycles. The van der Waals surface area contributed by atoms with Crippen molar-refractivity contribution in [2.75, 3.05) is 23.3 Å². The Bertz CT molecular complexity index is 984. The predicted molar refractivity (Wildman–Crippen MR) is 110 cm³/mol. The van der Waals surface area contributed by atoms with Gasteiger partial charge >= 0.3 is 0 Å². The molecule has 1 N–H and O–H groups in total. The molecule has 0 saturated heterocycles. The van der Waals surface area contributed by atoms with Gasteiger partial charge in [0.2, 0.25) is 0 Å². The van der Waals surface area contributed by atoms with Crippen LogP contribution in [0.1, 0.15) is 5.56 Å².